The van der Waals surface area contributed by atoms with Crippen LogP contribution in [0.1, 0.15) is 17.3 Å². The van der Waals surface area contributed by atoms with Crippen molar-refractivity contribution in [3.63, 3.8) is 0 Å². The number of nitrogens with zero attached hydrogens (tertiary/aromatic N) is 1. The molecule has 16 heavy (non-hydrogen) atoms. The second-order valence-electron chi connectivity index (χ2n) is 3.58. The smallest absolute Gasteiger partial charge is 0.253 e. The van der Waals surface area contributed by atoms with Crippen LogP contribution in [0.2, 0.25) is 5.02 Å². The van der Waals surface area contributed by atoms with Gasteiger partial charge in [-0.2, -0.15) is 0 Å². The Bertz CT molecular complexity index is 377. The summed E-state index contributed by atoms with van der Waals surface area (Å²) < 4.78 is 0.787. The summed E-state index contributed by atoms with van der Waals surface area (Å²) in [6.45, 7) is 1.89. The number of alkyl halides is 1. The first-order chi connectivity index (χ1) is 7.45. The van der Waals surface area contributed by atoms with Crippen molar-refractivity contribution >= 4 is 45.0 Å². The van der Waals surface area contributed by atoms with E-state index in [-0.39, 0.29) is 11.9 Å². The molecule has 0 aliphatic rings. The summed E-state index contributed by atoms with van der Waals surface area (Å²) >= 11 is 14.9. The minimum atomic E-state index is -0.0867. The van der Waals surface area contributed by atoms with Crippen LogP contribution < -0.4 is 0 Å². The standard InChI is InChI=1S/C11H12BrCl2NO/c1-7(6-13)15(2)11(16)8-3-9(12)5-10(14)4-8/h3-5,7H,6H2,1-2H3. The van der Waals surface area contributed by atoms with Crippen LogP contribution in [0.15, 0.2) is 22.7 Å². The molecule has 0 fully saturated rings. The van der Waals surface area contributed by atoms with E-state index < -0.39 is 0 Å². The summed E-state index contributed by atoms with van der Waals surface area (Å²) in [6, 6.07) is 5.12. The third-order valence-electron chi connectivity index (χ3n) is 2.31. The van der Waals surface area contributed by atoms with Gasteiger partial charge in [-0.1, -0.05) is 27.5 Å². The Labute approximate surface area is 114 Å². The molecular formula is C11H12BrCl2NO. The first-order valence-electron chi connectivity index (χ1n) is 4.75. The highest BCUT2D eigenvalue weighted by molar-refractivity contribution is 9.10. The van der Waals surface area contributed by atoms with Gasteiger partial charge in [0.05, 0.1) is 0 Å². The zero-order chi connectivity index (χ0) is 12.3. The van der Waals surface area contributed by atoms with Crippen LogP contribution in [0.4, 0.5) is 0 Å². The van der Waals surface area contributed by atoms with Crippen molar-refractivity contribution in [1.82, 2.24) is 4.90 Å². The van der Waals surface area contributed by atoms with Gasteiger partial charge in [0.1, 0.15) is 0 Å². The number of rotatable bonds is 3. The van der Waals surface area contributed by atoms with E-state index in [9.17, 15) is 4.79 Å². The highest BCUT2D eigenvalue weighted by Crippen LogP contribution is 2.21. The molecule has 1 unspecified atom stereocenters. The van der Waals surface area contributed by atoms with Crippen molar-refractivity contribution < 1.29 is 4.79 Å². The van der Waals surface area contributed by atoms with Gasteiger partial charge >= 0.3 is 0 Å². The minimum Gasteiger partial charge on any atom is -0.338 e. The van der Waals surface area contributed by atoms with Gasteiger partial charge in [0.25, 0.3) is 5.91 Å². The Morgan fingerprint density at radius 2 is 2.12 bits per heavy atom. The lowest BCUT2D eigenvalue weighted by atomic mass is 10.2. The lowest BCUT2D eigenvalue weighted by molar-refractivity contribution is 0.0756. The van der Waals surface area contributed by atoms with Gasteiger partial charge < -0.3 is 4.90 Å². The van der Waals surface area contributed by atoms with Gasteiger partial charge in [0.15, 0.2) is 0 Å². The third kappa shape index (κ3) is 3.37. The zero-order valence-corrected chi connectivity index (χ0v) is 12.1. The van der Waals surface area contributed by atoms with E-state index in [1.54, 1.807) is 30.1 Å². The number of benzene rings is 1. The SMILES string of the molecule is CC(CCl)N(C)C(=O)c1cc(Cl)cc(Br)c1. The highest BCUT2D eigenvalue weighted by atomic mass is 79.9. The monoisotopic (exact) mass is 323 g/mol. The number of amides is 1. The molecule has 1 aromatic rings. The van der Waals surface area contributed by atoms with Crippen molar-refractivity contribution in [2.45, 2.75) is 13.0 Å². The first kappa shape index (κ1) is 13.8. The predicted octanol–water partition coefficient (Wildman–Crippen LogP) is 3.80. The van der Waals surface area contributed by atoms with Crippen LogP contribution in [0, 0.1) is 0 Å². The lowest BCUT2D eigenvalue weighted by Gasteiger charge is -2.23. The van der Waals surface area contributed by atoms with Gasteiger partial charge in [-0.05, 0) is 25.1 Å². The Balaban J connectivity index is 2.96. The topological polar surface area (TPSA) is 20.3 Å². The molecule has 0 saturated heterocycles. The third-order valence-corrected chi connectivity index (χ3v) is 3.44. The number of carbonyl (C=O) groups is 1. The second-order valence-corrected chi connectivity index (χ2v) is 5.24. The molecule has 88 valence electrons. The van der Waals surface area contributed by atoms with Crippen molar-refractivity contribution in [1.29, 1.82) is 0 Å². The molecule has 1 aromatic carbocycles. The normalized spacial score (nSPS) is 12.3. The first-order valence-corrected chi connectivity index (χ1v) is 6.45. The molecular weight excluding hydrogens is 313 g/mol. The van der Waals surface area contributed by atoms with E-state index in [4.69, 9.17) is 23.2 Å². The summed E-state index contributed by atoms with van der Waals surface area (Å²) in [6.07, 6.45) is 0. The van der Waals surface area contributed by atoms with Crippen molar-refractivity contribution in [3.8, 4) is 0 Å². The molecule has 0 N–H and O–H groups in total. The number of carbonyl (C=O) groups excluding carboxylic acids is 1. The maximum atomic E-state index is 12.0. The second kappa shape index (κ2) is 5.89. The Hall–Kier alpha value is -0.250. The molecule has 1 atom stereocenters. The maximum Gasteiger partial charge on any atom is 0.253 e. The number of hydrogen-bond donors (Lipinski definition) is 0. The molecule has 0 aliphatic carbocycles. The van der Waals surface area contributed by atoms with E-state index in [1.807, 2.05) is 6.92 Å². The molecule has 0 saturated carbocycles. The van der Waals surface area contributed by atoms with Crippen LogP contribution >= 0.6 is 39.1 Å². The van der Waals surface area contributed by atoms with Crippen LogP contribution in [0.25, 0.3) is 0 Å². The Morgan fingerprint density at radius 3 is 2.62 bits per heavy atom. The molecule has 0 bridgehead atoms. The van der Waals surface area contributed by atoms with E-state index in [1.165, 1.54) is 0 Å². The molecule has 0 spiro atoms. The van der Waals surface area contributed by atoms with Crippen LogP contribution in [0.5, 0.6) is 0 Å². The van der Waals surface area contributed by atoms with E-state index in [2.05, 4.69) is 15.9 Å². The van der Waals surface area contributed by atoms with E-state index in [0.717, 1.165) is 4.47 Å². The molecule has 0 heterocycles. The summed E-state index contributed by atoms with van der Waals surface area (Å²) in [7, 11) is 1.73. The van der Waals surface area contributed by atoms with Crippen LogP contribution in [-0.4, -0.2) is 29.8 Å². The molecule has 2 nitrogen and oxygen atoms in total. The fourth-order valence-corrected chi connectivity index (χ4v) is 2.25. The van der Waals surface area contributed by atoms with Crippen LogP contribution in [-0.2, 0) is 0 Å². The quantitative estimate of drug-likeness (QED) is 0.774. The van der Waals surface area contributed by atoms with Gasteiger partial charge in [-0.15, -0.1) is 11.6 Å². The average Bonchev–Trinajstić information content (AvgIpc) is 2.24. The fraction of sp³-hybridized carbons (Fsp3) is 0.364. The van der Waals surface area contributed by atoms with E-state index in [0.29, 0.717) is 16.5 Å². The Kier molecular flexibility index (Phi) is 5.09. The lowest BCUT2D eigenvalue weighted by Crippen LogP contribution is -2.36. The molecule has 0 radical (unpaired) electrons. The molecule has 5 heteroatoms. The summed E-state index contributed by atoms with van der Waals surface area (Å²) in [5, 5.41) is 0.532. The summed E-state index contributed by atoms with van der Waals surface area (Å²) in [4.78, 5) is 13.6. The molecule has 0 aliphatic heterocycles. The largest absolute Gasteiger partial charge is 0.338 e. The zero-order valence-electron chi connectivity index (χ0n) is 9.01. The van der Waals surface area contributed by atoms with Crippen LogP contribution in [0.3, 0.4) is 0 Å². The molecule has 1 rings (SSSR count). The van der Waals surface area contributed by atoms with E-state index >= 15 is 0 Å². The number of halogens is 3. The molecule has 0 aromatic heterocycles. The highest BCUT2D eigenvalue weighted by Gasteiger charge is 2.17. The van der Waals surface area contributed by atoms with Gasteiger partial charge in [-0.3, -0.25) is 4.79 Å². The maximum absolute atomic E-state index is 12.0. The predicted molar refractivity (Wildman–Crippen MR) is 71.4 cm³/mol. The van der Waals surface area contributed by atoms with Gasteiger partial charge in [0.2, 0.25) is 0 Å². The van der Waals surface area contributed by atoms with Crippen molar-refractivity contribution in [3.05, 3.63) is 33.3 Å². The minimum absolute atomic E-state index is 0.00748. The molecule has 1 amide bonds. The van der Waals surface area contributed by atoms with Crippen molar-refractivity contribution in [2.24, 2.45) is 0 Å². The number of hydrogen-bond acceptors (Lipinski definition) is 1. The summed E-state index contributed by atoms with van der Waals surface area (Å²) in [5.74, 6) is 0.320. The fourth-order valence-electron chi connectivity index (χ4n) is 1.18. The van der Waals surface area contributed by atoms with Gasteiger partial charge in [0, 0.05) is 34.0 Å². The Morgan fingerprint density at radius 1 is 1.50 bits per heavy atom. The van der Waals surface area contributed by atoms with Gasteiger partial charge in [-0.25, -0.2) is 0 Å². The van der Waals surface area contributed by atoms with Crippen molar-refractivity contribution in [2.75, 3.05) is 12.9 Å². The average molecular weight is 325 g/mol. The summed E-state index contributed by atoms with van der Waals surface area (Å²) in [5.41, 5.74) is 0.554.